The van der Waals surface area contributed by atoms with Crippen LogP contribution in [-0.4, -0.2) is 0 Å². The molecule has 44 valence electrons. The molecule has 0 aromatic carbocycles. The highest BCUT2D eigenvalue weighted by Gasteiger charge is 1.81. The highest BCUT2D eigenvalue weighted by Crippen LogP contribution is 2.00. The molecule has 0 heteroatoms. The summed E-state index contributed by atoms with van der Waals surface area (Å²) in [6.07, 6.45) is 11.8. The van der Waals surface area contributed by atoms with E-state index in [-0.39, 0.29) is 0 Å². The topological polar surface area (TPSA) is 0 Å². The van der Waals surface area contributed by atoms with Gasteiger partial charge < -0.3 is 0 Å². The van der Waals surface area contributed by atoms with Gasteiger partial charge in [-0.3, -0.25) is 0 Å². The quantitative estimate of drug-likeness (QED) is 0.426. The number of hydrogen-bond donors (Lipinski definition) is 0. The van der Waals surface area contributed by atoms with Gasteiger partial charge in [-0.2, -0.15) is 0 Å². The van der Waals surface area contributed by atoms with Crippen molar-refractivity contribution in [1.82, 2.24) is 0 Å². The molecule has 0 aromatic heterocycles. The van der Waals surface area contributed by atoms with Crippen molar-refractivity contribution < 1.29 is 0 Å². The molecule has 0 heterocycles. The van der Waals surface area contributed by atoms with Crippen molar-refractivity contribution in [2.24, 2.45) is 0 Å². The molecule has 0 N–H and O–H groups in total. The van der Waals surface area contributed by atoms with E-state index in [1.165, 1.54) is 0 Å². The van der Waals surface area contributed by atoms with Crippen LogP contribution in [0.2, 0.25) is 0 Å². The second-order valence-electron chi connectivity index (χ2n) is 1.74. The van der Waals surface area contributed by atoms with E-state index < -0.39 is 0 Å². The summed E-state index contributed by atoms with van der Waals surface area (Å²) in [5, 5.41) is 0. The van der Waals surface area contributed by atoms with Crippen LogP contribution in [0.1, 0.15) is 0 Å². The molecule has 0 unspecified atom stereocenters. The van der Waals surface area contributed by atoms with Crippen molar-refractivity contribution in [2.75, 3.05) is 0 Å². The fourth-order valence-corrected chi connectivity index (χ4v) is 0.620. The Kier molecular flexibility index (Phi) is 1.90. The van der Waals surface area contributed by atoms with Gasteiger partial charge in [-0.15, -0.1) is 5.73 Å². The Labute approximate surface area is 55.2 Å². The molecule has 0 aliphatic heterocycles. The third-order valence-corrected chi connectivity index (χ3v) is 1.09. The number of rotatable bonds is 0. The Balaban J connectivity index is 2.95. The van der Waals surface area contributed by atoms with E-state index in [4.69, 9.17) is 0 Å². The molecule has 0 spiro atoms. The van der Waals surface area contributed by atoms with Gasteiger partial charge >= 0.3 is 0 Å². The van der Waals surface area contributed by atoms with Crippen molar-refractivity contribution in [3.8, 4) is 0 Å². The first-order valence-corrected chi connectivity index (χ1v) is 2.85. The molecule has 0 fully saturated rings. The second-order valence-corrected chi connectivity index (χ2v) is 1.74. The Morgan fingerprint density at radius 3 is 2.00 bits per heavy atom. The molecule has 1 aliphatic carbocycles. The van der Waals surface area contributed by atoms with Gasteiger partial charge in [0.25, 0.3) is 0 Å². The highest BCUT2D eigenvalue weighted by atomic mass is 13.9. The summed E-state index contributed by atoms with van der Waals surface area (Å²) in [5.41, 5.74) is 3.82. The van der Waals surface area contributed by atoms with Gasteiger partial charge in [-0.25, -0.2) is 0 Å². The minimum Gasteiger partial charge on any atom is -0.121 e. The van der Waals surface area contributed by atoms with E-state index in [0.717, 1.165) is 5.57 Å². The zero-order valence-electron chi connectivity index (χ0n) is 5.17. The van der Waals surface area contributed by atoms with Gasteiger partial charge in [0, 0.05) is 5.57 Å². The summed E-state index contributed by atoms with van der Waals surface area (Å²) in [4.78, 5) is 0. The van der Waals surface area contributed by atoms with Crippen molar-refractivity contribution in [3.63, 3.8) is 0 Å². The van der Waals surface area contributed by atoms with Gasteiger partial charge in [0.2, 0.25) is 0 Å². The normalized spacial score (nSPS) is 15.3. The predicted molar refractivity (Wildman–Crippen MR) is 40.1 cm³/mol. The van der Waals surface area contributed by atoms with E-state index in [2.05, 4.69) is 12.3 Å². The van der Waals surface area contributed by atoms with E-state index in [1.807, 2.05) is 36.5 Å². The number of hydrogen-bond acceptors (Lipinski definition) is 0. The van der Waals surface area contributed by atoms with Crippen LogP contribution in [0.25, 0.3) is 0 Å². The third kappa shape index (κ3) is 1.60. The van der Waals surface area contributed by atoms with Crippen molar-refractivity contribution in [2.45, 2.75) is 0 Å². The van der Waals surface area contributed by atoms with Crippen LogP contribution in [0.4, 0.5) is 0 Å². The predicted octanol–water partition coefficient (Wildman–Crippen LogP) is 2.38. The smallest absolute Gasteiger partial charge is 0.0158 e. The molecule has 0 bridgehead atoms. The number of allylic oxidation sites excluding steroid dienone is 7. The molecular weight excluding hydrogens is 108 g/mol. The summed E-state index contributed by atoms with van der Waals surface area (Å²) in [7, 11) is 0. The van der Waals surface area contributed by atoms with Gasteiger partial charge in [0.05, 0.1) is 0 Å². The highest BCUT2D eigenvalue weighted by molar-refractivity contribution is 5.36. The molecule has 1 rings (SSSR count). The van der Waals surface area contributed by atoms with Crippen molar-refractivity contribution >= 4 is 0 Å². The molecule has 0 saturated carbocycles. The van der Waals surface area contributed by atoms with Crippen LogP contribution < -0.4 is 0 Å². The van der Waals surface area contributed by atoms with Gasteiger partial charge in [0.15, 0.2) is 0 Å². The lowest BCUT2D eigenvalue weighted by Crippen LogP contribution is -1.61. The maximum atomic E-state index is 3.53. The molecule has 1 aliphatic rings. The Morgan fingerprint density at radius 2 is 1.56 bits per heavy atom. The molecule has 0 atom stereocenters. The van der Waals surface area contributed by atoms with E-state index >= 15 is 0 Å². The van der Waals surface area contributed by atoms with Crippen LogP contribution in [-0.2, 0) is 0 Å². The summed E-state index contributed by atoms with van der Waals surface area (Å²) in [6.45, 7) is 3.53. The first-order valence-electron chi connectivity index (χ1n) is 2.85. The SMILES string of the molecule is C=C=C1C=CC=CC=C1. The molecule has 0 amide bonds. The molecule has 0 radical (unpaired) electrons. The van der Waals surface area contributed by atoms with Gasteiger partial charge in [-0.05, 0) is 12.2 Å². The lowest BCUT2D eigenvalue weighted by molar-refractivity contribution is 1.75. The van der Waals surface area contributed by atoms with Gasteiger partial charge in [0.1, 0.15) is 0 Å². The first kappa shape index (κ1) is 5.87. The fourth-order valence-electron chi connectivity index (χ4n) is 0.620. The molecule has 0 nitrogen and oxygen atoms in total. The molecule has 0 aromatic rings. The minimum atomic E-state index is 1.03. The molecule has 9 heavy (non-hydrogen) atoms. The first-order chi connectivity index (χ1) is 4.43. The molecular formula is C9H8. The standard InChI is InChI=1S/C9H8/c1-2-9-7-5-3-4-6-8-9/h3-8H,1H2. The maximum Gasteiger partial charge on any atom is 0.0158 e. The maximum absolute atomic E-state index is 3.53. The lowest BCUT2D eigenvalue weighted by Gasteiger charge is -1.80. The fraction of sp³-hybridized carbons (Fsp3) is 0. The largest absolute Gasteiger partial charge is 0.121 e. The van der Waals surface area contributed by atoms with Gasteiger partial charge in [-0.1, -0.05) is 30.9 Å². The Morgan fingerprint density at radius 1 is 1.00 bits per heavy atom. The second kappa shape index (κ2) is 2.91. The summed E-state index contributed by atoms with van der Waals surface area (Å²) in [5.74, 6) is 0. The lowest BCUT2D eigenvalue weighted by atomic mass is 10.2. The van der Waals surface area contributed by atoms with Crippen LogP contribution in [0.3, 0.4) is 0 Å². The van der Waals surface area contributed by atoms with E-state index in [0.29, 0.717) is 0 Å². The Bertz CT molecular complexity index is 202. The average molecular weight is 116 g/mol. The zero-order valence-corrected chi connectivity index (χ0v) is 5.17. The van der Waals surface area contributed by atoms with Crippen molar-refractivity contribution in [3.05, 3.63) is 54.3 Å². The summed E-state index contributed by atoms with van der Waals surface area (Å²) >= 11 is 0. The van der Waals surface area contributed by atoms with Crippen molar-refractivity contribution in [1.29, 1.82) is 0 Å². The zero-order chi connectivity index (χ0) is 6.53. The van der Waals surface area contributed by atoms with Crippen LogP contribution in [0, 0.1) is 0 Å². The monoisotopic (exact) mass is 116 g/mol. The minimum absolute atomic E-state index is 1.03. The average Bonchev–Trinajstić information content (AvgIpc) is 2.13. The van der Waals surface area contributed by atoms with Crippen LogP contribution in [0.15, 0.2) is 54.3 Å². The third-order valence-electron chi connectivity index (χ3n) is 1.09. The molecule has 0 saturated heterocycles. The van der Waals surface area contributed by atoms with E-state index in [9.17, 15) is 0 Å². The Hall–Kier alpha value is -1.26. The summed E-state index contributed by atoms with van der Waals surface area (Å²) in [6, 6.07) is 0. The summed E-state index contributed by atoms with van der Waals surface area (Å²) < 4.78 is 0. The van der Waals surface area contributed by atoms with E-state index in [1.54, 1.807) is 0 Å². The van der Waals surface area contributed by atoms with Crippen LogP contribution in [0.5, 0.6) is 0 Å². The van der Waals surface area contributed by atoms with Crippen LogP contribution >= 0.6 is 0 Å².